The lowest BCUT2D eigenvalue weighted by Gasteiger charge is -2.31. The van der Waals surface area contributed by atoms with Crippen LogP contribution in [0.5, 0.6) is 0 Å². The molecule has 0 aliphatic carbocycles. The van der Waals surface area contributed by atoms with Crippen molar-refractivity contribution in [1.82, 2.24) is 4.90 Å². The van der Waals surface area contributed by atoms with Gasteiger partial charge in [0.25, 0.3) is 11.8 Å². The van der Waals surface area contributed by atoms with E-state index in [1.807, 2.05) is 6.92 Å². The lowest BCUT2D eigenvalue weighted by Crippen LogP contribution is -2.55. The maximum absolute atomic E-state index is 11.5. The molecule has 1 unspecified atom stereocenters. The van der Waals surface area contributed by atoms with Gasteiger partial charge in [0.05, 0.1) is 11.0 Å². The van der Waals surface area contributed by atoms with Crippen LogP contribution in [-0.2, 0) is 14.3 Å². The van der Waals surface area contributed by atoms with E-state index in [4.69, 9.17) is 22.7 Å². The van der Waals surface area contributed by atoms with Crippen LogP contribution in [0.2, 0.25) is 0 Å². The zero-order valence-corrected chi connectivity index (χ0v) is 9.38. The van der Waals surface area contributed by atoms with Gasteiger partial charge in [-0.1, -0.05) is 25.6 Å². The molecule has 0 saturated carbocycles. The Bertz CT molecular complexity index is 277. The number of rotatable bonds is 4. The minimum atomic E-state index is -0.464. The van der Waals surface area contributed by atoms with E-state index in [0.717, 1.165) is 11.3 Å². The topological polar surface area (TPSA) is 72.6 Å². The summed E-state index contributed by atoms with van der Waals surface area (Å²) >= 11 is 4.86. The van der Waals surface area contributed by atoms with E-state index in [1.165, 1.54) is 0 Å². The molecule has 1 saturated heterocycles. The van der Waals surface area contributed by atoms with E-state index >= 15 is 0 Å². The number of nitrogens with zero attached hydrogens (tertiary/aromatic N) is 1. The Labute approximate surface area is 93.5 Å². The second kappa shape index (κ2) is 5.18. The summed E-state index contributed by atoms with van der Waals surface area (Å²) in [5, 5.41) is 0. The molecule has 0 spiro atoms. The highest BCUT2D eigenvalue weighted by Crippen LogP contribution is 2.12. The van der Waals surface area contributed by atoms with Crippen LogP contribution in [0.15, 0.2) is 0 Å². The highest BCUT2D eigenvalue weighted by Gasteiger charge is 2.33. The molecule has 1 heterocycles. The molecule has 2 N–H and O–H groups in total. The predicted octanol–water partition coefficient (Wildman–Crippen LogP) is -0.173. The average molecular weight is 230 g/mol. The molecule has 0 bridgehead atoms. The van der Waals surface area contributed by atoms with Gasteiger partial charge in [-0.3, -0.25) is 14.5 Å². The lowest BCUT2D eigenvalue weighted by atomic mass is 10.1. The van der Waals surface area contributed by atoms with Crippen molar-refractivity contribution in [3.8, 4) is 0 Å². The standard InChI is InChI=1S/C9H14N2O3S/c1-2-3-6(9(10)15)11-7(12)4-14-5-8(11)13/h6H,2-5H2,1H3,(H2,10,15). The molecular weight excluding hydrogens is 216 g/mol. The lowest BCUT2D eigenvalue weighted by molar-refractivity contribution is -0.159. The van der Waals surface area contributed by atoms with E-state index in [-0.39, 0.29) is 30.0 Å². The van der Waals surface area contributed by atoms with Crippen molar-refractivity contribution in [1.29, 1.82) is 0 Å². The number of nitrogens with two attached hydrogens (primary N) is 1. The number of hydrogen-bond acceptors (Lipinski definition) is 4. The Hall–Kier alpha value is -1.01. The Morgan fingerprint density at radius 2 is 2.07 bits per heavy atom. The molecule has 84 valence electrons. The smallest absolute Gasteiger partial charge is 0.255 e. The quantitative estimate of drug-likeness (QED) is 0.536. The third-order valence-electron chi connectivity index (χ3n) is 2.19. The number of ether oxygens (including phenoxy) is 1. The molecular formula is C9H14N2O3S. The van der Waals surface area contributed by atoms with Gasteiger partial charge in [-0.25, -0.2) is 0 Å². The second-order valence-corrected chi connectivity index (χ2v) is 3.83. The third-order valence-corrected chi connectivity index (χ3v) is 2.46. The Kier molecular flexibility index (Phi) is 4.16. The van der Waals surface area contributed by atoms with Crippen LogP contribution in [0, 0.1) is 0 Å². The van der Waals surface area contributed by atoms with Gasteiger partial charge in [-0.05, 0) is 6.42 Å². The summed E-state index contributed by atoms with van der Waals surface area (Å²) in [7, 11) is 0. The molecule has 0 aromatic carbocycles. The fourth-order valence-electron chi connectivity index (χ4n) is 1.52. The first-order chi connectivity index (χ1) is 7.07. The maximum Gasteiger partial charge on any atom is 0.255 e. The highest BCUT2D eigenvalue weighted by atomic mass is 32.1. The molecule has 1 aliphatic heterocycles. The van der Waals surface area contributed by atoms with Crippen molar-refractivity contribution >= 4 is 29.0 Å². The van der Waals surface area contributed by atoms with Crippen LogP contribution in [0.1, 0.15) is 19.8 Å². The Balaban J connectivity index is 2.83. The number of morpholine rings is 1. The van der Waals surface area contributed by atoms with Crippen LogP contribution in [0.4, 0.5) is 0 Å². The monoisotopic (exact) mass is 230 g/mol. The van der Waals surface area contributed by atoms with Gasteiger partial charge < -0.3 is 10.5 Å². The minimum Gasteiger partial charge on any atom is -0.392 e. The zero-order chi connectivity index (χ0) is 11.4. The zero-order valence-electron chi connectivity index (χ0n) is 8.56. The number of carbonyl (C=O) groups excluding carboxylic acids is 2. The molecule has 1 rings (SSSR count). The molecule has 0 radical (unpaired) electrons. The first kappa shape index (κ1) is 12.1. The largest absolute Gasteiger partial charge is 0.392 e. The van der Waals surface area contributed by atoms with Gasteiger partial charge in [0.15, 0.2) is 0 Å². The van der Waals surface area contributed by atoms with Crippen molar-refractivity contribution in [2.45, 2.75) is 25.8 Å². The van der Waals surface area contributed by atoms with Crippen molar-refractivity contribution in [2.75, 3.05) is 13.2 Å². The maximum atomic E-state index is 11.5. The van der Waals surface area contributed by atoms with Crippen LogP contribution in [0.25, 0.3) is 0 Å². The first-order valence-electron chi connectivity index (χ1n) is 4.79. The van der Waals surface area contributed by atoms with Gasteiger partial charge in [0.2, 0.25) is 0 Å². The average Bonchev–Trinajstić information content (AvgIpc) is 2.15. The molecule has 5 nitrogen and oxygen atoms in total. The van der Waals surface area contributed by atoms with Crippen molar-refractivity contribution < 1.29 is 14.3 Å². The van der Waals surface area contributed by atoms with Gasteiger partial charge >= 0.3 is 0 Å². The SMILES string of the molecule is CCCC(C(N)=S)N1C(=O)COCC1=O. The number of carbonyl (C=O) groups is 2. The van der Waals surface area contributed by atoms with Crippen LogP contribution in [-0.4, -0.2) is 41.0 Å². The van der Waals surface area contributed by atoms with Gasteiger partial charge in [0, 0.05) is 0 Å². The van der Waals surface area contributed by atoms with E-state index in [0.29, 0.717) is 6.42 Å². The fourth-order valence-corrected chi connectivity index (χ4v) is 1.75. The Morgan fingerprint density at radius 1 is 1.53 bits per heavy atom. The van der Waals surface area contributed by atoms with Crippen LogP contribution in [0.3, 0.4) is 0 Å². The first-order valence-corrected chi connectivity index (χ1v) is 5.20. The predicted molar refractivity (Wildman–Crippen MR) is 58.2 cm³/mol. The normalized spacial score (nSPS) is 19.1. The molecule has 1 fully saturated rings. The van der Waals surface area contributed by atoms with Crippen molar-refractivity contribution in [2.24, 2.45) is 5.73 Å². The summed E-state index contributed by atoms with van der Waals surface area (Å²) in [6.07, 6.45) is 1.41. The van der Waals surface area contributed by atoms with Crippen molar-refractivity contribution in [3.63, 3.8) is 0 Å². The molecule has 15 heavy (non-hydrogen) atoms. The van der Waals surface area contributed by atoms with E-state index in [9.17, 15) is 9.59 Å². The van der Waals surface area contributed by atoms with E-state index < -0.39 is 6.04 Å². The summed E-state index contributed by atoms with van der Waals surface area (Å²) < 4.78 is 4.81. The summed E-state index contributed by atoms with van der Waals surface area (Å²) in [6, 6.07) is -0.464. The minimum absolute atomic E-state index is 0.0748. The highest BCUT2D eigenvalue weighted by molar-refractivity contribution is 7.80. The van der Waals surface area contributed by atoms with Gasteiger partial charge in [0.1, 0.15) is 13.2 Å². The van der Waals surface area contributed by atoms with E-state index in [1.54, 1.807) is 0 Å². The number of imide groups is 1. The number of hydrogen-bond donors (Lipinski definition) is 1. The summed E-state index contributed by atoms with van der Waals surface area (Å²) in [5.41, 5.74) is 5.52. The van der Waals surface area contributed by atoms with Gasteiger partial charge in [-0.2, -0.15) is 0 Å². The molecule has 1 aliphatic rings. The van der Waals surface area contributed by atoms with Crippen LogP contribution >= 0.6 is 12.2 Å². The molecule has 6 heteroatoms. The molecule has 1 atom stereocenters. The third kappa shape index (κ3) is 2.73. The molecule has 0 aromatic heterocycles. The Morgan fingerprint density at radius 3 is 2.47 bits per heavy atom. The molecule has 2 amide bonds. The van der Waals surface area contributed by atoms with Crippen LogP contribution < -0.4 is 5.73 Å². The number of thiocarbonyl (C=S) groups is 1. The van der Waals surface area contributed by atoms with Crippen molar-refractivity contribution in [3.05, 3.63) is 0 Å². The van der Waals surface area contributed by atoms with Gasteiger partial charge in [-0.15, -0.1) is 0 Å². The molecule has 0 aromatic rings. The number of amides is 2. The fraction of sp³-hybridized carbons (Fsp3) is 0.667. The summed E-state index contributed by atoms with van der Waals surface area (Å²) in [6.45, 7) is 1.80. The summed E-state index contributed by atoms with van der Waals surface area (Å²) in [4.78, 5) is 24.3. The van der Waals surface area contributed by atoms with E-state index in [2.05, 4.69) is 0 Å². The second-order valence-electron chi connectivity index (χ2n) is 3.36. The summed E-state index contributed by atoms with van der Waals surface area (Å²) in [5.74, 6) is -0.727.